The van der Waals surface area contributed by atoms with Crippen LogP contribution in [0.25, 0.3) is 205 Å². The van der Waals surface area contributed by atoms with Crippen molar-refractivity contribution in [1.82, 2.24) is 24.9 Å². The van der Waals surface area contributed by atoms with Crippen molar-refractivity contribution in [3.05, 3.63) is 384 Å². The van der Waals surface area contributed by atoms with Crippen molar-refractivity contribution >= 4 is 173 Å². The van der Waals surface area contributed by atoms with E-state index in [-0.39, 0.29) is 33.0 Å². The van der Waals surface area contributed by atoms with Crippen LogP contribution in [0.4, 0.5) is 17.6 Å². The summed E-state index contributed by atoms with van der Waals surface area (Å²) < 4.78 is 70.6. The highest BCUT2D eigenvalue weighted by Gasteiger charge is 2.40. The summed E-state index contributed by atoms with van der Waals surface area (Å²) in [6, 6.07) is 102. The van der Waals surface area contributed by atoms with E-state index in [1.807, 2.05) is 115 Å². The largest absolute Gasteiger partial charge is 0.421 e. The third kappa shape index (κ3) is 17.1. The van der Waals surface area contributed by atoms with E-state index in [0.29, 0.717) is 21.7 Å². The molecular formula is C126H113F4N10S2+5. The van der Waals surface area contributed by atoms with Crippen LogP contribution in [-0.2, 0) is 57.7 Å². The molecule has 17 aromatic carbocycles. The number of alkyl halides is 3. The SMILES string of the molecule is Cc1c(-c2c3cc4ccccc4c(C(F)(F)F)c3nc[n+]2C)sc2ccccc12.Cc1c(-c2c3cc4ccccc4c(F)c3nc[n+]2C)cc(C(C)(C)C)c2ccccc12.Cc1c(-c2c3cc4ccccc4cc3nc[n+]2C)cc(C(C)(C)C)c2ccccc12.Cc1c(-c2c3cc4ccccc4cc3nc[n+]2C)sc2ccccc12.Cc1nc2ccccc2[n+](C)c1-c1cc(C(C)(C)C)c2ccccc2c1C. The van der Waals surface area contributed by atoms with Crippen LogP contribution < -0.4 is 22.8 Å². The Morgan fingerprint density at radius 3 is 1.01 bits per heavy atom. The number of benzene rings is 17. The van der Waals surface area contributed by atoms with Crippen LogP contribution in [0.3, 0.4) is 0 Å². The summed E-state index contributed by atoms with van der Waals surface area (Å²) in [6.45, 7) is 33.5. The van der Waals surface area contributed by atoms with Gasteiger partial charge in [0.1, 0.15) is 35.2 Å². The van der Waals surface area contributed by atoms with Gasteiger partial charge >= 0.3 is 6.18 Å². The van der Waals surface area contributed by atoms with E-state index in [9.17, 15) is 13.2 Å². The Morgan fingerprint density at radius 2 is 0.577 bits per heavy atom. The quantitative estimate of drug-likeness (QED) is 0.0974. The summed E-state index contributed by atoms with van der Waals surface area (Å²) in [7, 11) is 10.1. The van der Waals surface area contributed by atoms with Gasteiger partial charge in [0, 0.05) is 32.0 Å². The minimum Gasteiger partial charge on any atom is -0.240 e. The number of halogens is 4. The summed E-state index contributed by atoms with van der Waals surface area (Å²) in [5.74, 6) is -0.260. The lowest BCUT2D eigenvalue weighted by Gasteiger charge is -2.24. The summed E-state index contributed by atoms with van der Waals surface area (Å²) >= 11 is 3.46. The molecule has 0 spiro atoms. The second-order valence-corrected chi connectivity index (χ2v) is 42.9. The highest BCUT2D eigenvalue weighted by Crippen LogP contribution is 2.49. The molecule has 0 unspecified atom stereocenters. The monoisotopic (exact) mass is 1910 g/mol. The van der Waals surface area contributed by atoms with Crippen molar-refractivity contribution in [2.24, 2.45) is 35.2 Å². The van der Waals surface area contributed by atoms with Crippen molar-refractivity contribution in [1.29, 1.82) is 0 Å². The maximum absolute atomic E-state index is 15.4. The number of nitrogens with zero attached hydrogens (tertiary/aromatic N) is 10. The molecule has 10 nitrogen and oxygen atoms in total. The average Bonchev–Trinajstić information content (AvgIpc) is 1.33. The van der Waals surface area contributed by atoms with Gasteiger partial charge in [-0.3, -0.25) is 0 Å². The third-order valence-electron chi connectivity index (χ3n) is 28.3. The molecule has 0 aliphatic heterocycles. The zero-order chi connectivity index (χ0) is 99.6. The molecule has 0 radical (unpaired) electrons. The normalized spacial score (nSPS) is 12.1. The van der Waals surface area contributed by atoms with Crippen molar-refractivity contribution in [2.75, 3.05) is 0 Å². The fourth-order valence-corrected chi connectivity index (χ4v) is 23.8. The Labute approximate surface area is 832 Å². The van der Waals surface area contributed by atoms with Gasteiger partial charge < -0.3 is 0 Å². The van der Waals surface area contributed by atoms with Crippen molar-refractivity contribution in [3.8, 4) is 54.9 Å². The van der Waals surface area contributed by atoms with Crippen molar-refractivity contribution in [3.63, 3.8) is 0 Å². The Bertz CT molecular complexity index is 9270. The summed E-state index contributed by atoms with van der Waals surface area (Å²) in [5, 5.41) is 21.2. The molecule has 24 rings (SSSR count). The zero-order valence-electron chi connectivity index (χ0n) is 83.9. The lowest BCUT2D eigenvalue weighted by Crippen LogP contribution is -2.34. The Morgan fingerprint density at radius 1 is 0.268 bits per heavy atom. The molecule has 0 fully saturated rings. The highest BCUT2D eigenvalue weighted by molar-refractivity contribution is 7.23. The molecule has 0 N–H and O–H groups in total. The predicted octanol–water partition coefficient (Wildman–Crippen LogP) is 31.0. The van der Waals surface area contributed by atoms with Crippen LogP contribution in [0.1, 0.15) is 118 Å². The number of aryl methyl sites for hydroxylation is 11. The number of thiophene rings is 2. The van der Waals surface area contributed by atoms with Gasteiger partial charge in [-0.1, -0.05) is 281 Å². The van der Waals surface area contributed by atoms with Gasteiger partial charge in [-0.2, -0.15) is 17.7 Å². The second kappa shape index (κ2) is 36.8. The molecule has 16 heteroatoms. The van der Waals surface area contributed by atoms with Gasteiger partial charge in [0.2, 0.25) is 16.7 Å². The molecule has 7 aromatic heterocycles. The minimum atomic E-state index is -4.50. The van der Waals surface area contributed by atoms with Crippen molar-refractivity contribution in [2.45, 2.75) is 126 Å². The van der Waals surface area contributed by atoms with Crippen LogP contribution in [-0.4, -0.2) is 24.9 Å². The molecule has 0 saturated heterocycles. The predicted molar refractivity (Wildman–Crippen MR) is 585 cm³/mol. The lowest BCUT2D eigenvalue weighted by molar-refractivity contribution is -0.662. The highest BCUT2D eigenvalue weighted by atomic mass is 32.1. The maximum Gasteiger partial charge on any atom is 0.421 e. The molecule has 0 saturated carbocycles. The molecule has 7 heterocycles. The number of aromatic nitrogens is 10. The third-order valence-corrected chi connectivity index (χ3v) is 30.9. The molecule has 0 aliphatic carbocycles. The van der Waals surface area contributed by atoms with Gasteiger partial charge in [-0.15, -0.1) is 22.7 Å². The average molecular weight is 1910 g/mol. The summed E-state index contributed by atoms with van der Waals surface area (Å²) in [4.78, 5) is 25.3. The zero-order valence-corrected chi connectivity index (χ0v) is 85.5. The molecule has 0 atom stereocenters. The van der Waals surface area contributed by atoms with Crippen LogP contribution in [0.15, 0.2) is 323 Å². The van der Waals surface area contributed by atoms with Gasteiger partial charge in [0.15, 0.2) is 33.8 Å². The van der Waals surface area contributed by atoms with E-state index in [0.717, 1.165) is 76.0 Å². The first-order chi connectivity index (χ1) is 68.0. The van der Waals surface area contributed by atoms with E-state index in [4.69, 9.17) is 9.97 Å². The summed E-state index contributed by atoms with van der Waals surface area (Å²) in [5.41, 5.74) is 24.5. The molecule has 0 aliphatic rings. The van der Waals surface area contributed by atoms with E-state index in [1.165, 1.54) is 159 Å². The molecule has 142 heavy (non-hydrogen) atoms. The van der Waals surface area contributed by atoms with Crippen molar-refractivity contribution < 1.29 is 40.4 Å². The fraction of sp³-hybridized carbons (Fsp3) is 0.190. The number of hydrogen-bond donors (Lipinski definition) is 0. The summed E-state index contributed by atoms with van der Waals surface area (Å²) in [6.07, 6.45) is 2.57. The lowest BCUT2D eigenvalue weighted by atomic mass is 9.80. The van der Waals surface area contributed by atoms with E-state index in [2.05, 4.69) is 359 Å². The first kappa shape index (κ1) is 94.5. The first-order valence-electron chi connectivity index (χ1n) is 48.3. The van der Waals surface area contributed by atoms with Gasteiger partial charge in [-0.25, -0.2) is 27.6 Å². The van der Waals surface area contributed by atoms with E-state index in [1.54, 1.807) is 35.9 Å². The molecule has 24 aromatic rings. The molecule has 702 valence electrons. The second-order valence-electron chi connectivity index (χ2n) is 40.8. The topological polar surface area (TPSA) is 83.8 Å². The molecule has 0 bridgehead atoms. The number of fused-ring (bicyclic) bond motifs is 14. The smallest absolute Gasteiger partial charge is 0.240 e. The minimum absolute atomic E-state index is 0.0128. The Balaban J connectivity index is 0.000000109. The number of rotatable bonds is 5. The fourth-order valence-electron chi connectivity index (χ4n) is 21.2. The van der Waals surface area contributed by atoms with Crippen LogP contribution in [0.2, 0.25) is 0 Å². The standard InChI is InChI=1S/C28H26FN2.C28H27N2.C25H27N2.C23H16F3N2S.C22H17N2S/c1-17-19-11-8-9-13-21(19)24(28(2,3)4)15-22(17)27-23-14-18-10-6-7-12-20(18)25(29)26(23)30-16-31(27)5;1-18-21-12-8-9-13-22(21)25(28(2,3)4)16-23(18)27-24-14-19-10-6-7-11-20(19)15-26(24)29-17-30(27)5;1-16-18-11-7-8-12-19(18)21(25(3,4)5)15-20(16)24-17(2)26-22-13-9-10-14-23(22)27(24)6;1-13-15-8-5-6-10-18(15)29-22(13)21-17-11-14-7-3-4-9-16(14)19(23(24,25)26)20(17)27-12-28(21)2;1-14-17-9-5-6-10-20(17)25-22(14)21-18-11-15-7-3-4-8-16(15)12-19(18)23-13-24(21)2/h6-16H,1-5H3;6-17H,1-5H3;7-15H,1-6H3;3-12H,1-2H3;3-13H,1-2H3/q5*+1. The van der Waals surface area contributed by atoms with Gasteiger partial charge in [0.25, 0.3) is 25.3 Å². The number of hydrogen-bond acceptors (Lipinski definition) is 7. The van der Waals surface area contributed by atoms with E-state index >= 15 is 4.39 Å². The Kier molecular flexibility index (Phi) is 24.5. The number of para-hydroxylation sites is 2. The van der Waals surface area contributed by atoms with Crippen LogP contribution in [0, 0.1) is 47.4 Å². The molecular weight excluding hydrogens is 1790 g/mol. The first-order valence-corrected chi connectivity index (χ1v) is 49.9. The van der Waals surface area contributed by atoms with E-state index < -0.39 is 11.7 Å². The van der Waals surface area contributed by atoms with Crippen LogP contribution in [0.5, 0.6) is 0 Å². The van der Waals surface area contributed by atoms with Gasteiger partial charge in [0.05, 0.1) is 65.1 Å². The Hall–Kier alpha value is -15.1. The van der Waals surface area contributed by atoms with Gasteiger partial charge in [-0.05, 0) is 276 Å². The van der Waals surface area contributed by atoms with Crippen LogP contribution >= 0.6 is 22.7 Å². The molecule has 0 amide bonds. The maximum atomic E-state index is 15.4.